The molecule has 1 aliphatic heterocycles. The van der Waals surface area contributed by atoms with Crippen LogP contribution in [-0.4, -0.2) is 35.1 Å². The van der Waals surface area contributed by atoms with Crippen molar-refractivity contribution in [3.05, 3.63) is 69.7 Å². The van der Waals surface area contributed by atoms with Crippen LogP contribution in [0.15, 0.2) is 41.3 Å². The van der Waals surface area contributed by atoms with Crippen molar-refractivity contribution >= 4 is 11.2 Å². The van der Waals surface area contributed by atoms with Gasteiger partial charge in [0.25, 0.3) is 0 Å². The molecule has 0 atom stereocenters. The molecule has 4 aromatic rings. The molecular weight excluding hydrogens is 495 g/mol. The second-order valence-electron chi connectivity index (χ2n) is 11.0. The fourth-order valence-corrected chi connectivity index (χ4v) is 4.88. The van der Waals surface area contributed by atoms with Gasteiger partial charge < -0.3 is 4.57 Å². The monoisotopic (exact) mass is 523 g/mol. The number of benzene rings is 1. The zero-order chi connectivity index (χ0) is 27.4. The van der Waals surface area contributed by atoms with Crippen molar-refractivity contribution in [3.8, 4) is 17.3 Å². The Morgan fingerprint density at radius 2 is 1.84 bits per heavy atom. The van der Waals surface area contributed by atoms with Crippen LogP contribution in [0.3, 0.4) is 0 Å². The lowest BCUT2D eigenvalue weighted by Crippen LogP contribution is -2.33. The standard InChI is InChI=1S/C27H28F3N7O/c1-26(2,3)16-37-21-8-7-20(32-24(21)34(4)25(37)38)19-11-17(5-6-18(19)12-31)13-35-9-10-36-14-22(27(28,29)30)33-23(36)15-35/h5-8,11,14H,9-10,13,15-16H2,1-4H3. The van der Waals surface area contributed by atoms with Gasteiger partial charge in [-0.15, -0.1) is 0 Å². The molecule has 0 N–H and O–H groups in total. The van der Waals surface area contributed by atoms with Crippen molar-refractivity contribution < 1.29 is 13.2 Å². The second kappa shape index (κ2) is 9.13. The smallest absolute Gasteiger partial charge is 0.332 e. The maximum Gasteiger partial charge on any atom is 0.434 e. The molecule has 5 rings (SSSR count). The van der Waals surface area contributed by atoms with Crippen LogP contribution in [-0.2, 0) is 39.4 Å². The van der Waals surface area contributed by atoms with E-state index in [0.717, 1.165) is 17.3 Å². The molecule has 3 aromatic heterocycles. The summed E-state index contributed by atoms with van der Waals surface area (Å²) in [5.41, 5.74) is 2.71. The van der Waals surface area contributed by atoms with Gasteiger partial charge in [-0.25, -0.2) is 14.8 Å². The highest BCUT2D eigenvalue weighted by Crippen LogP contribution is 2.30. The van der Waals surface area contributed by atoms with Crippen LogP contribution < -0.4 is 5.69 Å². The fraction of sp³-hybridized carbons (Fsp3) is 0.407. The zero-order valence-electron chi connectivity index (χ0n) is 21.7. The molecule has 0 bridgehead atoms. The van der Waals surface area contributed by atoms with Crippen LogP contribution in [0.2, 0.25) is 0 Å². The number of imidazole rings is 2. The minimum Gasteiger partial charge on any atom is -0.332 e. The number of nitriles is 1. The van der Waals surface area contributed by atoms with Crippen molar-refractivity contribution in [3.63, 3.8) is 0 Å². The molecule has 198 valence electrons. The van der Waals surface area contributed by atoms with Crippen LogP contribution in [0.4, 0.5) is 13.2 Å². The molecule has 11 heteroatoms. The average Bonchev–Trinajstić information content (AvgIpc) is 3.38. The molecule has 0 spiro atoms. The van der Waals surface area contributed by atoms with E-state index in [1.54, 1.807) is 22.2 Å². The molecule has 1 aliphatic rings. The van der Waals surface area contributed by atoms with Gasteiger partial charge in [0.2, 0.25) is 0 Å². The van der Waals surface area contributed by atoms with E-state index in [1.165, 1.54) is 4.57 Å². The van der Waals surface area contributed by atoms with Gasteiger partial charge in [0.1, 0.15) is 5.82 Å². The Morgan fingerprint density at radius 1 is 1.08 bits per heavy atom. The van der Waals surface area contributed by atoms with Crippen molar-refractivity contribution in [2.24, 2.45) is 12.5 Å². The van der Waals surface area contributed by atoms with Crippen molar-refractivity contribution in [2.45, 2.75) is 53.1 Å². The van der Waals surface area contributed by atoms with E-state index in [1.807, 2.05) is 29.2 Å². The normalized spacial score (nSPS) is 14.6. The number of alkyl halides is 3. The first-order valence-electron chi connectivity index (χ1n) is 12.3. The van der Waals surface area contributed by atoms with Gasteiger partial charge in [-0.05, 0) is 35.2 Å². The lowest BCUT2D eigenvalue weighted by molar-refractivity contribution is -0.141. The number of aromatic nitrogens is 5. The van der Waals surface area contributed by atoms with E-state index in [2.05, 4.69) is 31.8 Å². The molecular formula is C27H28F3N7O. The van der Waals surface area contributed by atoms with Crippen molar-refractivity contribution in [2.75, 3.05) is 6.54 Å². The van der Waals surface area contributed by atoms with Crippen LogP contribution in [0.25, 0.3) is 22.4 Å². The molecule has 4 heterocycles. The third-order valence-corrected chi connectivity index (χ3v) is 6.67. The van der Waals surface area contributed by atoms with E-state index in [0.29, 0.717) is 61.0 Å². The van der Waals surface area contributed by atoms with E-state index in [4.69, 9.17) is 4.98 Å². The maximum absolute atomic E-state index is 13.1. The summed E-state index contributed by atoms with van der Waals surface area (Å²) in [6.45, 7) is 8.50. The fourth-order valence-electron chi connectivity index (χ4n) is 4.88. The van der Waals surface area contributed by atoms with Gasteiger partial charge in [0.15, 0.2) is 11.3 Å². The molecule has 0 aliphatic carbocycles. The number of aryl methyl sites for hydroxylation is 1. The molecule has 0 amide bonds. The Labute approximate surface area is 217 Å². The second-order valence-corrected chi connectivity index (χ2v) is 11.0. The van der Waals surface area contributed by atoms with Crippen LogP contribution in [0, 0.1) is 16.7 Å². The largest absolute Gasteiger partial charge is 0.434 e. The van der Waals surface area contributed by atoms with Gasteiger partial charge in [0, 0.05) is 45.0 Å². The van der Waals surface area contributed by atoms with E-state index >= 15 is 0 Å². The summed E-state index contributed by atoms with van der Waals surface area (Å²) in [5.74, 6) is 0.380. The SMILES string of the molecule is Cn1c(=O)n(CC(C)(C)C)c2ccc(-c3cc(CN4CCn5cc(C(F)(F)F)nc5C4)ccc3C#N)nc21. The van der Waals surface area contributed by atoms with Crippen LogP contribution in [0.5, 0.6) is 0 Å². The van der Waals surface area contributed by atoms with E-state index in [9.17, 15) is 23.2 Å². The van der Waals surface area contributed by atoms with Gasteiger partial charge in [-0.1, -0.05) is 26.8 Å². The van der Waals surface area contributed by atoms with E-state index in [-0.39, 0.29) is 11.1 Å². The Kier molecular flexibility index (Phi) is 6.18. The van der Waals surface area contributed by atoms with Gasteiger partial charge >= 0.3 is 11.9 Å². The highest BCUT2D eigenvalue weighted by molar-refractivity contribution is 5.78. The number of hydrogen-bond acceptors (Lipinski definition) is 5. The lowest BCUT2D eigenvalue weighted by Gasteiger charge is -2.27. The molecule has 0 saturated heterocycles. The Morgan fingerprint density at radius 3 is 2.53 bits per heavy atom. The number of rotatable bonds is 4. The van der Waals surface area contributed by atoms with Crippen molar-refractivity contribution in [1.29, 1.82) is 5.26 Å². The first kappa shape index (κ1) is 25.7. The topological polar surface area (TPSA) is 84.7 Å². The summed E-state index contributed by atoms with van der Waals surface area (Å²) in [4.78, 5) is 23.5. The Balaban J connectivity index is 1.45. The number of hydrogen-bond donors (Lipinski definition) is 0. The summed E-state index contributed by atoms with van der Waals surface area (Å²) in [6.07, 6.45) is -3.40. The van der Waals surface area contributed by atoms with Crippen LogP contribution >= 0.6 is 0 Å². The number of nitrogens with zero attached hydrogens (tertiary/aromatic N) is 7. The predicted molar refractivity (Wildman–Crippen MR) is 136 cm³/mol. The molecule has 0 radical (unpaired) electrons. The Hall–Kier alpha value is -3.91. The minimum atomic E-state index is -4.47. The summed E-state index contributed by atoms with van der Waals surface area (Å²) < 4.78 is 44.0. The number of fused-ring (bicyclic) bond motifs is 2. The highest BCUT2D eigenvalue weighted by atomic mass is 19.4. The quantitative estimate of drug-likeness (QED) is 0.392. The van der Waals surface area contributed by atoms with Crippen LogP contribution in [0.1, 0.15) is 43.4 Å². The summed E-state index contributed by atoms with van der Waals surface area (Å²) in [5, 5.41) is 9.76. The third-order valence-electron chi connectivity index (χ3n) is 6.67. The van der Waals surface area contributed by atoms with Gasteiger partial charge in [-0.2, -0.15) is 18.4 Å². The lowest BCUT2D eigenvalue weighted by atomic mass is 9.97. The first-order valence-corrected chi connectivity index (χ1v) is 12.3. The number of pyridine rings is 1. The number of halogens is 3. The third kappa shape index (κ3) is 4.84. The summed E-state index contributed by atoms with van der Waals surface area (Å²) >= 11 is 0. The predicted octanol–water partition coefficient (Wildman–Crippen LogP) is 4.55. The Bertz CT molecular complexity index is 1630. The molecule has 0 saturated carbocycles. The van der Waals surface area contributed by atoms with Crippen molar-refractivity contribution in [1.82, 2.24) is 28.6 Å². The molecule has 0 unspecified atom stereocenters. The van der Waals surface area contributed by atoms with E-state index < -0.39 is 11.9 Å². The summed E-state index contributed by atoms with van der Waals surface area (Å²) in [7, 11) is 1.69. The van der Waals surface area contributed by atoms with Gasteiger partial charge in [-0.3, -0.25) is 14.0 Å². The molecule has 38 heavy (non-hydrogen) atoms. The maximum atomic E-state index is 13.1. The highest BCUT2D eigenvalue weighted by Gasteiger charge is 2.35. The van der Waals surface area contributed by atoms with Gasteiger partial charge in [0.05, 0.1) is 29.4 Å². The molecule has 1 aromatic carbocycles. The average molecular weight is 524 g/mol. The minimum absolute atomic E-state index is 0.0982. The first-order chi connectivity index (χ1) is 17.8. The summed E-state index contributed by atoms with van der Waals surface area (Å²) in [6, 6.07) is 11.4. The molecule has 0 fully saturated rings. The molecule has 8 nitrogen and oxygen atoms in total. The zero-order valence-corrected chi connectivity index (χ0v) is 21.7.